The molecule has 2 rings (SSSR count). The summed E-state index contributed by atoms with van der Waals surface area (Å²) < 4.78 is 0. The molecule has 0 atom stereocenters. The summed E-state index contributed by atoms with van der Waals surface area (Å²) in [7, 11) is 0. The van der Waals surface area contributed by atoms with Gasteiger partial charge in [0.1, 0.15) is 4.88 Å². The van der Waals surface area contributed by atoms with Crippen molar-refractivity contribution in [2.75, 3.05) is 5.32 Å². The Bertz CT molecular complexity index is 694. The van der Waals surface area contributed by atoms with Crippen LogP contribution in [0.4, 0.5) is 5.69 Å². The van der Waals surface area contributed by atoms with Gasteiger partial charge in [0, 0.05) is 0 Å². The number of carboxylic acid groups (broad SMARTS) is 1. The van der Waals surface area contributed by atoms with Crippen molar-refractivity contribution in [3.8, 4) is 0 Å². The van der Waals surface area contributed by atoms with Gasteiger partial charge in [0.25, 0.3) is 5.91 Å². The molecule has 0 unspecified atom stereocenters. The highest BCUT2D eigenvalue weighted by Crippen LogP contribution is 2.29. The number of rotatable bonds is 3. The maximum absolute atomic E-state index is 12.2. The van der Waals surface area contributed by atoms with Crippen LogP contribution in [0.2, 0.25) is 5.02 Å². The molecular formula is C14H12ClNO3S. The third-order valence-corrected chi connectivity index (χ3v) is 4.43. The van der Waals surface area contributed by atoms with Gasteiger partial charge in [-0.05, 0) is 36.4 Å². The van der Waals surface area contributed by atoms with Gasteiger partial charge in [-0.1, -0.05) is 23.7 Å². The molecule has 0 aliphatic rings. The van der Waals surface area contributed by atoms with Gasteiger partial charge in [0.2, 0.25) is 0 Å². The zero-order valence-electron chi connectivity index (χ0n) is 10.9. The van der Waals surface area contributed by atoms with Gasteiger partial charge in [-0.15, -0.1) is 11.3 Å². The zero-order chi connectivity index (χ0) is 14.9. The first kappa shape index (κ1) is 14.6. The Balaban J connectivity index is 2.35. The minimum Gasteiger partial charge on any atom is -0.477 e. The van der Waals surface area contributed by atoms with E-state index in [4.69, 9.17) is 16.7 Å². The molecule has 0 saturated heterocycles. The number of aryl methyl sites for hydroxylation is 2. The van der Waals surface area contributed by atoms with Gasteiger partial charge in [0.15, 0.2) is 0 Å². The first-order valence-electron chi connectivity index (χ1n) is 5.79. The van der Waals surface area contributed by atoms with Crippen molar-refractivity contribution in [1.29, 1.82) is 0 Å². The highest BCUT2D eigenvalue weighted by Gasteiger charge is 2.19. The predicted molar refractivity (Wildman–Crippen MR) is 80.2 cm³/mol. The molecule has 0 saturated carbocycles. The van der Waals surface area contributed by atoms with E-state index in [1.165, 1.54) is 0 Å². The maximum atomic E-state index is 12.2. The number of thiophene rings is 1. The number of halogens is 1. The number of carbonyl (C=O) groups is 2. The molecule has 0 aliphatic heterocycles. The quantitative estimate of drug-likeness (QED) is 0.901. The molecular weight excluding hydrogens is 298 g/mol. The van der Waals surface area contributed by atoms with Crippen LogP contribution in [0.1, 0.15) is 31.2 Å². The lowest BCUT2D eigenvalue weighted by Crippen LogP contribution is -2.15. The largest absolute Gasteiger partial charge is 0.477 e. The summed E-state index contributed by atoms with van der Waals surface area (Å²) in [5.41, 5.74) is 2.16. The Kier molecular flexibility index (Phi) is 4.11. The monoisotopic (exact) mass is 309 g/mol. The van der Waals surface area contributed by atoms with Gasteiger partial charge in [0.05, 0.1) is 16.3 Å². The molecule has 2 N–H and O–H groups in total. The highest BCUT2D eigenvalue weighted by molar-refractivity contribution is 7.12. The van der Waals surface area contributed by atoms with E-state index in [9.17, 15) is 9.59 Å². The molecule has 4 nitrogen and oxygen atoms in total. The van der Waals surface area contributed by atoms with Crippen LogP contribution >= 0.6 is 22.9 Å². The standard InChI is InChI=1S/C14H12ClNO3S/c1-7-4-3-5-9(10(7)15)13(17)16-11-8(2)6-20-12(11)14(18)19/h3-6H,1-2H3,(H,16,17)(H,18,19). The van der Waals surface area contributed by atoms with Crippen molar-refractivity contribution < 1.29 is 14.7 Å². The molecule has 0 fully saturated rings. The summed E-state index contributed by atoms with van der Waals surface area (Å²) in [4.78, 5) is 23.4. The fraction of sp³-hybridized carbons (Fsp3) is 0.143. The molecule has 0 radical (unpaired) electrons. The second kappa shape index (κ2) is 5.64. The molecule has 0 aliphatic carbocycles. The fourth-order valence-corrected chi connectivity index (χ4v) is 2.82. The number of hydrogen-bond acceptors (Lipinski definition) is 3. The minimum atomic E-state index is -1.06. The van der Waals surface area contributed by atoms with E-state index in [0.717, 1.165) is 16.9 Å². The number of benzene rings is 1. The highest BCUT2D eigenvalue weighted by atomic mass is 35.5. The van der Waals surface area contributed by atoms with Crippen LogP contribution in [-0.4, -0.2) is 17.0 Å². The van der Waals surface area contributed by atoms with Crippen LogP contribution in [0.25, 0.3) is 0 Å². The topological polar surface area (TPSA) is 66.4 Å². The molecule has 1 aromatic heterocycles. The number of aromatic carboxylic acids is 1. The summed E-state index contributed by atoms with van der Waals surface area (Å²) in [6.07, 6.45) is 0. The van der Waals surface area contributed by atoms with E-state index in [0.29, 0.717) is 21.8 Å². The Morgan fingerprint density at radius 2 is 1.95 bits per heavy atom. The molecule has 6 heteroatoms. The number of carbonyl (C=O) groups excluding carboxylic acids is 1. The molecule has 0 spiro atoms. The van der Waals surface area contributed by atoms with E-state index in [1.807, 2.05) is 0 Å². The third kappa shape index (κ3) is 2.69. The number of amides is 1. The second-order valence-corrected chi connectivity index (χ2v) is 5.58. The number of hydrogen-bond donors (Lipinski definition) is 2. The van der Waals surface area contributed by atoms with Crippen LogP contribution in [0.15, 0.2) is 23.6 Å². The van der Waals surface area contributed by atoms with Gasteiger partial charge in [-0.25, -0.2) is 4.79 Å². The lowest BCUT2D eigenvalue weighted by Gasteiger charge is -2.09. The van der Waals surface area contributed by atoms with Crippen LogP contribution in [-0.2, 0) is 0 Å². The molecule has 104 valence electrons. The van der Waals surface area contributed by atoms with Crippen molar-refractivity contribution in [3.63, 3.8) is 0 Å². The van der Waals surface area contributed by atoms with Gasteiger partial charge in [-0.3, -0.25) is 4.79 Å². The molecule has 2 aromatic rings. The molecule has 1 heterocycles. The zero-order valence-corrected chi connectivity index (χ0v) is 12.4. The average molecular weight is 310 g/mol. The maximum Gasteiger partial charge on any atom is 0.348 e. The van der Waals surface area contributed by atoms with Crippen molar-refractivity contribution >= 4 is 40.5 Å². The smallest absolute Gasteiger partial charge is 0.348 e. The van der Waals surface area contributed by atoms with Crippen LogP contribution in [0.3, 0.4) is 0 Å². The van der Waals surface area contributed by atoms with Crippen molar-refractivity contribution in [3.05, 3.63) is 50.2 Å². The predicted octanol–water partition coefficient (Wildman–Crippen LogP) is 3.97. The van der Waals surface area contributed by atoms with Crippen LogP contribution in [0, 0.1) is 13.8 Å². The van der Waals surface area contributed by atoms with E-state index in [-0.39, 0.29) is 4.88 Å². The second-order valence-electron chi connectivity index (χ2n) is 4.32. The van der Waals surface area contributed by atoms with E-state index in [1.54, 1.807) is 37.4 Å². The Morgan fingerprint density at radius 3 is 2.60 bits per heavy atom. The van der Waals surface area contributed by atoms with Crippen LogP contribution < -0.4 is 5.32 Å². The van der Waals surface area contributed by atoms with E-state index < -0.39 is 11.9 Å². The third-order valence-electron chi connectivity index (χ3n) is 2.84. The molecule has 1 aromatic carbocycles. The summed E-state index contributed by atoms with van der Waals surface area (Å²) in [5.74, 6) is -1.48. The summed E-state index contributed by atoms with van der Waals surface area (Å²) in [6.45, 7) is 3.55. The number of anilines is 1. The Labute approximate surface area is 125 Å². The Morgan fingerprint density at radius 1 is 1.25 bits per heavy atom. The van der Waals surface area contributed by atoms with Crippen molar-refractivity contribution in [2.45, 2.75) is 13.8 Å². The van der Waals surface area contributed by atoms with Gasteiger partial charge >= 0.3 is 5.97 Å². The first-order chi connectivity index (χ1) is 9.41. The summed E-state index contributed by atoms with van der Waals surface area (Å²) in [5, 5.41) is 13.8. The summed E-state index contributed by atoms with van der Waals surface area (Å²) >= 11 is 7.18. The SMILES string of the molecule is Cc1cccc(C(=O)Nc2c(C)csc2C(=O)O)c1Cl. The van der Waals surface area contributed by atoms with Crippen molar-refractivity contribution in [1.82, 2.24) is 0 Å². The normalized spacial score (nSPS) is 10.3. The average Bonchev–Trinajstić information content (AvgIpc) is 2.74. The lowest BCUT2D eigenvalue weighted by molar-refractivity contribution is 0.0703. The number of nitrogens with one attached hydrogen (secondary N) is 1. The van der Waals surface area contributed by atoms with Gasteiger partial charge < -0.3 is 10.4 Å². The molecule has 20 heavy (non-hydrogen) atoms. The lowest BCUT2D eigenvalue weighted by atomic mass is 10.1. The van der Waals surface area contributed by atoms with Crippen LogP contribution in [0.5, 0.6) is 0 Å². The fourth-order valence-electron chi connectivity index (χ4n) is 1.76. The van der Waals surface area contributed by atoms with Crippen molar-refractivity contribution in [2.24, 2.45) is 0 Å². The minimum absolute atomic E-state index is 0.111. The molecule has 1 amide bonds. The van der Waals surface area contributed by atoms with Gasteiger partial charge in [-0.2, -0.15) is 0 Å². The summed E-state index contributed by atoms with van der Waals surface area (Å²) in [6, 6.07) is 5.14. The van der Waals surface area contributed by atoms with E-state index in [2.05, 4.69) is 5.32 Å². The van der Waals surface area contributed by atoms with E-state index >= 15 is 0 Å². The number of carboxylic acids is 1. The first-order valence-corrected chi connectivity index (χ1v) is 7.05. The molecule has 0 bridgehead atoms. The Hall–Kier alpha value is -1.85.